The minimum atomic E-state index is -0.226. The van der Waals surface area contributed by atoms with Gasteiger partial charge in [0.15, 0.2) is 5.65 Å². The lowest BCUT2D eigenvalue weighted by Gasteiger charge is -2.32. The lowest BCUT2D eigenvalue weighted by atomic mass is 10.0. The van der Waals surface area contributed by atoms with E-state index in [9.17, 15) is 14.4 Å². The molecule has 156 valence electrons. The number of hydrogen-bond acceptors (Lipinski definition) is 6. The summed E-state index contributed by atoms with van der Waals surface area (Å²) in [6, 6.07) is 10.5. The Hall–Kier alpha value is -3.88. The average Bonchev–Trinajstić information content (AvgIpc) is 2.81. The molecule has 4 heterocycles. The molecule has 0 aliphatic carbocycles. The molecule has 31 heavy (non-hydrogen) atoms. The SMILES string of the molecule is O=C(Cn1cnc2ccccc2c1=O)N1CCC(n2cnc3ncccc3c2=O)CC1. The van der Waals surface area contributed by atoms with E-state index >= 15 is 0 Å². The van der Waals surface area contributed by atoms with Crippen LogP contribution in [0, 0.1) is 0 Å². The largest absolute Gasteiger partial charge is 0.341 e. The monoisotopic (exact) mass is 416 g/mol. The van der Waals surface area contributed by atoms with Gasteiger partial charge in [0, 0.05) is 25.3 Å². The first-order chi connectivity index (χ1) is 15.1. The summed E-state index contributed by atoms with van der Waals surface area (Å²) in [4.78, 5) is 52.6. The summed E-state index contributed by atoms with van der Waals surface area (Å²) in [5.41, 5.74) is 0.709. The van der Waals surface area contributed by atoms with Crippen molar-refractivity contribution in [1.82, 2.24) is 29.0 Å². The molecule has 0 radical (unpaired) electrons. The van der Waals surface area contributed by atoms with Crippen LogP contribution in [0.1, 0.15) is 18.9 Å². The van der Waals surface area contributed by atoms with Crippen molar-refractivity contribution in [3.05, 3.63) is 76.0 Å². The number of piperidine rings is 1. The Kier molecular flexibility index (Phi) is 4.78. The van der Waals surface area contributed by atoms with Crippen LogP contribution in [0.2, 0.25) is 0 Å². The van der Waals surface area contributed by atoms with Crippen LogP contribution in [-0.2, 0) is 11.3 Å². The van der Waals surface area contributed by atoms with Crippen LogP contribution in [0.5, 0.6) is 0 Å². The van der Waals surface area contributed by atoms with Crippen molar-refractivity contribution in [2.24, 2.45) is 0 Å². The molecule has 9 heteroatoms. The number of carbonyl (C=O) groups excluding carboxylic acids is 1. The third-order valence-corrected chi connectivity index (χ3v) is 5.80. The molecule has 0 unspecified atom stereocenters. The van der Waals surface area contributed by atoms with Crippen LogP contribution in [-0.4, -0.2) is 48.0 Å². The van der Waals surface area contributed by atoms with Gasteiger partial charge in [0.05, 0.1) is 22.6 Å². The van der Waals surface area contributed by atoms with Gasteiger partial charge in [-0.25, -0.2) is 15.0 Å². The van der Waals surface area contributed by atoms with Crippen LogP contribution < -0.4 is 11.1 Å². The number of rotatable bonds is 3. The van der Waals surface area contributed by atoms with E-state index in [0.29, 0.717) is 47.9 Å². The maximum Gasteiger partial charge on any atom is 0.263 e. The van der Waals surface area contributed by atoms with E-state index in [1.54, 1.807) is 52.3 Å². The van der Waals surface area contributed by atoms with Crippen LogP contribution >= 0.6 is 0 Å². The van der Waals surface area contributed by atoms with Gasteiger partial charge >= 0.3 is 0 Å². The minimum Gasteiger partial charge on any atom is -0.341 e. The second-order valence-electron chi connectivity index (χ2n) is 7.64. The molecular formula is C22H20N6O3. The summed E-state index contributed by atoms with van der Waals surface area (Å²) in [5.74, 6) is -0.134. The van der Waals surface area contributed by atoms with Gasteiger partial charge in [-0.15, -0.1) is 0 Å². The van der Waals surface area contributed by atoms with Gasteiger partial charge in [0.1, 0.15) is 12.9 Å². The summed E-state index contributed by atoms with van der Waals surface area (Å²) >= 11 is 0. The summed E-state index contributed by atoms with van der Waals surface area (Å²) in [6.45, 7) is 0.970. The van der Waals surface area contributed by atoms with E-state index in [4.69, 9.17) is 0 Å². The molecular weight excluding hydrogens is 396 g/mol. The zero-order valence-electron chi connectivity index (χ0n) is 16.7. The highest BCUT2D eigenvalue weighted by atomic mass is 16.2. The number of nitrogens with zero attached hydrogens (tertiary/aromatic N) is 6. The fourth-order valence-electron chi connectivity index (χ4n) is 4.09. The molecule has 4 aromatic rings. The lowest BCUT2D eigenvalue weighted by Crippen LogP contribution is -2.43. The number of pyridine rings is 1. The van der Waals surface area contributed by atoms with Crippen molar-refractivity contribution >= 4 is 27.8 Å². The Morgan fingerprint density at radius 2 is 1.68 bits per heavy atom. The highest BCUT2D eigenvalue weighted by Gasteiger charge is 2.25. The maximum atomic E-state index is 12.8. The number of hydrogen-bond donors (Lipinski definition) is 0. The lowest BCUT2D eigenvalue weighted by molar-refractivity contribution is -0.133. The highest BCUT2D eigenvalue weighted by molar-refractivity contribution is 5.79. The van der Waals surface area contributed by atoms with E-state index in [1.807, 2.05) is 6.07 Å². The number of likely N-dealkylation sites (tertiary alicyclic amines) is 1. The van der Waals surface area contributed by atoms with E-state index < -0.39 is 0 Å². The molecule has 0 N–H and O–H groups in total. The second kappa shape index (κ2) is 7.75. The number of carbonyl (C=O) groups is 1. The Morgan fingerprint density at radius 3 is 2.52 bits per heavy atom. The van der Waals surface area contributed by atoms with Crippen molar-refractivity contribution in [3.8, 4) is 0 Å². The summed E-state index contributed by atoms with van der Waals surface area (Å²) in [5, 5.41) is 0.987. The molecule has 1 fully saturated rings. The average molecular weight is 416 g/mol. The Labute approximate surface area is 176 Å². The Balaban J connectivity index is 1.29. The molecule has 1 aliphatic heterocycles. The van der Waals surface area contributed by atoms with Gasteiger partial charge in [-0.3, -0.25) is 23.5 Å². The third-order valence-electron chi connectivity index (χ3n) is 5.80. The molecule has 0 bridgehead atoms. The van der Waals surface area contributed by atoms with Crippen molar-refractivity contribution in [2.75, 3.05) is 13.1 Å². The van der Waals surface area contributed by atoms with Crippen molar-refractivity contribution < 1.29 is 4.79 Å². The van der Waals surface area contributed by atoms with Crippen molar-refractivity contribution in [1.29, 1.82) is 0 Å². The number of amides is 1. The Bertz CT molecular complexity index is 1400. The fraction of sp³-hybridized carbons (Fsp3) is 0.273. The minimum absolute atomic E-state index is 0.0290. The zero-order valence-corrected chi connectivity index (χ0v) is 16.7. The van der Waals surface area contributed by atoms with Crippen LogP contribution in [0.3, 0.4) is 0 Å². The normalized spacial score (nSPS) is 14.9. The summed E-state index contributed by atoms with van der Waals surface area (Å²) < 4.78 is 2.99. The Morgan fingerprint density at radius 1 is 0.903 bits per heavy atom. The van der Waals surface area contributed by atoms with E-state index in [2.05, 4.69) is 15.0 Å². The number of para-hydroxylation sites is 1. The summed E-state index contributed by atoms with van der Waals surface area (Å²) in [7, 11) is 0. The molecule has 1 aliphatic rings. The highest BCUT2D eigenvalue weighted by Crippen LogP contribution is 2.21. The number of aromatic nitrogens is 5. The number of fused-ring (bicyclic) bond motifs is 2. The van der Waals surface area contributed by atoms with Crippen molar-refractivity contribution in [2.45, 2.75) is 25.4 Å². The quantitative estimate of drug-likeness (QED) is 0.500. The smallest absolute Gasteiger partial charge is 0.263 e. The fourth-order valence-corrected chi connectivity index (χ4v) is 4.09. The van der Waals surface area contributed by atoms with Gasteiger partial charge in [-0.05, 0) is 37.1 Å². The molecule has 5 rings (SSSR count). The van der Waals surface area contributed by atoms with Gasteiger partial charge in [0.2, 0.25) is 5.91 Å². The first-order valence-electron chi connectivity index (χ1n) is 10.2. The predicted molar refractivity (Wildman–Crippen MR) is 115 cm³/mol. The standard InChI is InChI=1S/C22H20N6O3/c29-19(12-27-13-24-18-6-2-1-4-16(18)21(27)30)26-10-7-15(8-11-26)28-14-25-20-17(22(28)31)5-3-9-23-20/h1-6,9,13-15H,7-8,10-12H2. The molecule has 1 amide bonds. The molecule has 3 aromatic heterocycles. The first-order valence-corrected chi connectivity index (χ1v) is 10.2. The van der Waals surface area contributed by atoms with E-state index in [1.165, 1.54) is 10.9 Å². The van der Waals surface area contributed by atoms with Crippen LogP contribution in [0.15, 0.2) is 64.8 Å². The first kappa shape index (κ1) is 19.1. The molecule has 1 aromatic carbocycles. The predicted octanol–water partition coefficient (Wildman–Crippen LogP) is 1.37. The van der Waals surface area contributed by atoms with Gasteiger partial charge < -0.3 is 4.90 Å². The third kappa shape index (κ3) is 3.48. The van der Waals surface area contributed by atoms with Gasteiger partial charge in [0.25, 0.3) is 11.1 Å². The van der Waals surface area contributed by atoms with E-state index in [0.717, 1.165) is 0 Å². The molecule has 1 saturated heterocycles. The number of benzene rings is 1. The van der Waals surface area contributed by atoms with Crippen LogP contribution in [0.4, 0.5) is 0 Å². The topological polar surface area (TPSA) is 103 Å². The zero-order chi connectivity index (χ0) is 21.4. The van der Waals surface area contributed by atoms with Crippen molar-refractivity contribution in [3.63, 3.8) is 0 Å². The second-order valence-corrected chi connectivity index (χ2v) is 7.64. The molecule has 0 atom stereocenters. The van der Waals surface area contributed by atoms with E-state index in [-0.39, 0.29) is 29.6 Å². The summed E-state index contributed by atoms with van der Waals surface area (Å²) in [6.07, 6.45) is 5.86. The molecule has 0 spiro atoms. The molecule has 9 nitrogen and oxygen atoms in total. The van der Waals surface area contributed by atoms with Gasteiger partial charge in [-0.2, -0.15) is 0 Å². The maximum absolute atomic E-state index is 12.8. The van der Waals surface area contributed by atoms with Gasteiger partial charge in [-0.1, -0.05) is 12.1 Å². The van der Waals surface area contributed by atoms with Crippen LogP contribution in [0.25, 0.3) is 21.9 Å². The molecule has 0 saturated carbocycles.